The monoisotopic (exact) mass is 702 g/mol. The second-order valence-corrected chi connectivity index (χ2v) is 12.7. The lowest BCUT2D eigenvalue weighted by molar-refractivity contribution is -0.154. The van der Waals surface area contributed by atoms with E-state index in [1.165, 1.54) is 60.9 Å². The predicted molar refractivity (Wildman–Crippen MR) is 153 cm³/mol. The highest BCUT2D eigenvalue weighted by Gasteiger charge is 2.67. The molecule has 1 saturated heterocycles. The summed E-state index contributed by atoms with van der Waals surface area (Å²) < 4.78 is 10.3. The molecule has 210 valence electrons. The molecule has 2 bridgehead atoms. The van der Waals surface area contributed by atoms with Crippen LogP contribution in [0.3, 0.4) is 0 Å². The number of carbonyl (C=O) groups excluding carboxylic acids is 5. The van der Waals surface area contributed by atoms with E-state index in [1.807, 2.05) is 0 Å². The first-order chi connectivity index (χ1) is 19.7. The quantitative estimate of drug-likeness (QED) is 0.110. The Hall–Kier alpha value is -3.28. The molecule has 12 heteroatoms. The van der Waals surface area contributed by atoms with E-state index in [4.69, 9.17) is 20.8 Å². The molecule has 2 aromatic carbocycles. The van der Waals surface area contributed by atoms with Crippen LogP contribution in [0.4, 0.5) is 0 Å². The van der Waals surface area contributed by atoms with Crippen molar-refractivity contribution in [1.29, 1.82) is 0 Å². The second-order valence-electron chi connectivity index (χ2n) is 10.2. The third-order valence-electron chi connectivity index (χ3n) is 7.93. The minimum Gasteiger partial charge on any atom is -0.457 e. The molecule has 3 aliphatic rings. The number of carbonyl (C=O) groups is 5. The van der Waals surface area contributed by atoms with Crippen LogP contribution in [0.1, 0.15) is 37.7 Å². The molecular weight excluding hydrogens is 684 g/mol. The maximum atomic E-state index is 13.7. The van der Waals surface area contributed by atoms with E-state index < -0.39 is 47.9 Å². The molecule has 9 nitrogen and oxygen atoms in total. The van der Waals surface area contributed by atoms with Crippen molar-refractivity contribution in [2.75, 3.05) is 6.54 Å². The van der Waals surface area contributed by atoms with Crippen LogP contribution in [0.2, 0.25) is 5.02 Å². The fraction of sp³-hybridized carbons (Fsp3) is 0.276. The fourth-order valence-electron chi connectivity index (χ4n) is 6.03. The average molecular weight is 705 g/mol. The number of fused-ring (bicyclic) bond motifs is 5. The number of rotatable bonds is 7. The Morgan fingerprint density at radius 2 is 1.49 bits per heavy atom. The standard InChI is InChI=1S/C29H21Br2ClN2O7/c30-24-18-12-19(25(24)31)23-22(18)27(37)34(28(23)38)33(26(36)15-3-7-16(32)8-4-15)13-20(35)14-5-9-17(10-6-14)41-29(39)21-2-1-11-40-21/h1-11,18-19,22-25H,12-13H2/t18-,19-,22-,23-,24+,25+/m1/s1. The zero-order valence-electron chi connectivity index (χ0n) is 21.1. The molecule has 6 atom stereocenters. The maximum absolute atomic E-state index is 13.7. The first-order valence-corrected chi connectivity index (χ1v) is 15.0. The molecule has 3 aromatic rings. The van der Waals surface area contributed by atoms with Crippen molar-refractivity contribution in [3.8, 4) is 5.75 Å². The molecule has 6 rings (SSSR count). The fourth-order valence-corrected chi connectivity index (χ4v) is 8.03. The topological polar surface area (TPSA) is 114 Å². The van der Waals surface area contributed by atoms with Crippen LogP contribution in [-0.4, -0.2) is 55.7 Å². The van der Waals surface area contributed by atoms with Crippen LogP contribution < -0.4 is 4.74 Å². The summed E-state index contributed by atoms with van der Waals surface area (Å²) in [5.74, 6) is -3.91. The molecule has 0 N–H and O–H groups in total. The van der Waals surface area contributed by atoms with Crippen LogP contribution in [0, 0.1) is 23.7 Å². The van der Waals surface area contributed by atoms with E-state index in [-0.39, 0.29) is 44.1 Å². The Morgan fingerprint density at radius 1 is 0.902 bits per heavy atom. The van der Waals surface area contributed by atoms with Crippen molar-refractivity contribution in [3.05, 3.63) is 88.8 Å². The zero-order chi connectivity index (χ0) is 29.0. The summed E-state index contributed by atoms with van der Waals surface area (Å²) in [5.41, 5.74) is 0.358. The first kappa shape index (κ1) is 27.9. The normalized spacial score (nSPS) is 26.3. The summed E-state index contributed by atoms with van der Waals surface area (Å²) >= 11 is 13.3. The van der Waals surface area contributed by atoms with E-state index in [2.05, 4.69) is 31.9 Å². The van der Waals surface area contributed by atoms with Crippen LogP contribution in [0.25, 0.3) is 0 Å². The number of amides is 3. The van der Waals surface area contributed by atoms with Crippen LogP contribution >= 0.6 is 43.5 Å². The van der Waals surface area contributed by atoms with E-state index in [0.29, 0.717) is 5.02 Å². The van der Waals surface area contributed by atoms with Gasteiger partial charge in [-0.1, -0.05) is 43.5 Å². The summed E-state index contributed by atoms with van der Waals surface area (Å²) in [6.07, 6.45) is 2.08. The van der Waals surface area contributed by atoms with Gasteiger partial charge in [0, 0.05) is 25.8 Å². The summed E-state index contributed by atoms with van der Waals surface area (Å²) in [7, 11) is 0. The Labute approximate surface area is 256 Å². The molecule has 1 aliphatic heterocycles. The summed E-state index contributed by atoms with van der Waals surface area (Å²) in [5, 5.41) is 2.21. The van der Waals surface area contributed by atoms with Crippen molar-refractivity contribution >= 4 is 72.9 Å². The lowest BCUT2D eigenvalue weighted by Gasteiger charge is -2.31. The SMILES string of the molecule is O=C(CN(C(=O)c1ccc(Cl)cc1)N1C(=O)[C@@H]2[C@H]3C[C@@H]([C@H](Br)[C@H]3Br)[C@H]2C1=O)c1ccc(OC(=O)c2ccco2)cc1. The highest BCUT2D eigenvalue weighted by atomic mass is 79.9. The lowest BCUT2D eigenvalue weighted by atomic mass is 9.81. The average Bonchev–Trinajstić information content (AvgIpc) is 3.74. The number of hydrogen-bond donors (Lipinski definition) is 0. The van der Waals surface area contributed by atoms with Gasteiger partial charge in [0.05, 0.1) is 18.1 Å². The molecule has 2 saturated carbocycles. The van der Waals surface area contributed by atoms with Crippen molar-refractivity contribution in [1.82, 2.24) is 10.0 Å². The maximum Gasteiger partial charge on any atom is 0.379 e. The smallest absolute Gasteiger partial charge is 0.379 e. The van der Waals surface area contributed by atoms with Crippen molar-refractivity contribution in [3.63, 3.8) is 0 Å². The number of halogens is 3. The molecule has 0 unspecified atom stereocenters. The Balaban J connectivity index is 1.26. The van der Waals surface area contributed by atoms with Crippen LogP contribution in [0.5, 0.6) is 5.75 Å². The van der Waals surface area contributed by atoms with E-state index in [1.54, 1.807) is 6.07 Å². The summed E-state index contributed by atoms with van der Waals surface area (Å²) in [6, 6.07) is 14.7. The number of hydrazine groups is 1. The minimum atomic E-state index is -0.698. The first-order valence-electron chi connectivity index (χ1n) is 12.8. The molecular formula is C29H21Br2ClN2O7. The van der Waals surface area contributed by atoms with Crippen LogP contribution in [0.15, 0.2) is 71.3 Å². The Bertz CT molecular complexity index is 1510. The third-order valence-corrected chi connectivity index (χ3v) is 11.4. The largest absolute Gasteiger partial charge is 0.457 e. The number of Topliss-reactive ketones (excluding diaryl/α,β-unsaturated/α-hetero) is 1. The van der Waals surface area contributed by atoms with E-state index in [9.17, 15) is 24.0 Å². The van der Waals surface area contributed by atoms with E-state index >= 15 is 0 Å². The second kappa shape index (κ2) is 10.8. The van der Waals surface area contributed by atoms with Gasteiger partial charge in [-0.15, -0.1) is 0 Å². The molecule has 41 heavy (non-hydrogen) atoms. The number of nitrogens with zero attached hydrogens (tertiary/aromatic N) is 2. The van der Waals surface area contributed by atoms with Gasteiger partial charge in [-0.25, -0.2) is 9.80 Å². The van der Waals surface area contributed by atoms with Crippen molar-refractivity contribution < 1.29 is 33.1 Å². The number of furan rings is 1. The molecule has 2 heterocycles. The third kappa shape index (κ3) is 4.83. The van der Waals surface area contributed by atoms with Gasteiger partial charge in [0.1, 0.15) is 12.3 Å². The molecule has 2 aliphatic carbocycles. The van der Waals surface area contributed by atoms with Gasteiger partial charge >= 0.3 is 5.97 Å². The number of ketones is 1. The van der Waals surface area contributed by atoms with Crippen molar-refractivity contribution in [2.45, 2.75) is 16.1 Å². The summed E-state index contributed by atoms with van der Waals surface area (Å²) in [4.78, 5) is 66.8. The number of ether oxygens (including phenoxy) is 1. The molecule has 0 radical (unpaired) electrons. The number of esters is 1. The number of hydrogen-bond acceptors (Lipinski definition) is 7. The molecule has 3 amide bonds. The molecule has 3 fully saturated rings. The van der Waals surface area contributed by atoms with Crippen LogP contribution in [-0.2, 0) is 9.59 Å². The highest BCUT2D eigenvalue weighted by molar-refractivity contribution is 9.12. The van der Waals surface area contributed by atoms with Gasteiger partial charge in [0.15, 0.2) is 5.78 Å². The predicted octanol–water partition coefficient (Wildman–Crippen LogP) is 5.17. The Kier molecular flexibility index (Phi) is 7.37. The Morgan fingerprint density at radius 3 is 2.05 bits per heavy atom. The number of benzene rings is 2. The zero-order valence-corrected chi connectivity index (χ0v) is 25.0. The van der Waals surface area contributed by atoms with Gasteiger partial charge < -0.3 is 9.15 Å². The van der Waals surface area contributed by atoms with Gasteiger partial charge in [-0.05, 0) is 78.9 Å². The molecule has 0 spiro atoms. The number of imide groups is 1. The van der Waals surface area contributed by atoms with Gasteiger partial charge in [-0.3, -0.25) is 19.2 Å². The van der Waals surface area contributed by atoms with Gasteiger partial charge in [0.2, 0.25) is 5.76 Å². The number of alkyl halides is 2. The lowest BCUT2D eigenvalue weighted by Crippen LogP contribution is -2.52. The van der Waals surface area contributed by atoms with Gasteiger partial charge in [-0.2, -0.15) is 5.01 Å². The highest BCUT2D eigenvalue weighted by Crippen LogP contribution is 2.60. The van der Waals surface area contributed by atoms with Crippen molar-refractivity contribution in [2.24, 2.45) is 23.7 Å². The van der Waals surface area contributed by atoms with Gasteiger partial charge in [0.25, 0.3) is 17.7 Å². The van der Waals surface area contributed by atoms with E-state index in [0.717, 1.165) is 16.4 Å². The summed E-state index contributed by atoms with van der Waals surface area (Å²) in [6.45, 7) is -0.561. The molecule has 1 aromatic heterocycles. The minimum absolute atomic E-state index is 0.0212.